The van der Waals surface area contributed by atoms with E-state index < -0.39 is 95.3 Å². The van der Waals surface area contributed by atoms with Gasteiger partial charge in [-0.05, 0) is 100 Å². The van der Waals surface area contributed by atoms with Crippen LogP contribution in [0, 0.1) is 3.57 Å². The number of alkyl halides is 24. The van der Waals surface area contributed by atoms with Gasteiger partial charge >= 0.3 is 65.7 Å². The highest BCUT2D eigenvalue weighted by molar-refractivity contribution is 14.1. The Bertz CT molecular complexity index is 2870. The van der Waals surface area contributed by atoms with Crippen molar-refractivity contribution in [2.24, 2.45) is 10.3 Å². The molecule has 0 aliphatic rings. The summed E-state index contributed by atoms with van der Waals surface area (Å²) in [5, 5.41) is 8.68. The summed E-state index contributed by atoms with van der Waals surface area (Å²) in [6, 6.07) is 17.5. The molecule has 4 aromatic rings. The normalized spacial score (nSPS) is 14.2. The molecule has 0 saturated carbocycles. The molecule has 0 saturated heterocycles. The second kappa shape index (κ2) is 26.4. The van der Waals surface area contributed by atoms with Crippen molar-refractivity contribution in [2.45, 2.75) is 138 Å². The first-order valence-corrected chi connectivity index (χ1v) is 25.6. The summed E-state index contributed by atoms with van der Waals surface area (Å²) in [4.78, 5) is 0. The minimum atomic E-state index is -9.26. The molecule has 0 amide bonds. The van der Waals surface area contributed by atoms with Gasteiger partial charge in [0.05, 0.1) is 34.6 Å². The van der Waals surface area contributed by atoms with Crippen molar-refractivity contribution in [1.29, 1.82) is 0 Å². The Labute approximate surface area is 471 Å². The molecule has 30 heteroatoms. The van der Waals surface area contributed by atoms with Crippen LogP contribution in [0.4, 0.5) is 111 Å². The van der Waals surface area contributed by atoms with Crippen molar-refractivity contribution >= 4 is 52.6 Å². The molecule has 0 aliphatic carbocycles. The van der Waals surface area contributed by atoms with Gasteiger partial charge in [0, 0.05) is 18.5 Å². The molecule has 0 fully saturated rings. The monoisotopic (exact) mass is 1340 g/mol. The van der Waals surface area contributed by atoms with E-state index in [1.807, 2.05) is 31.2 Å². The van der Waals surface area contributed by atoms with Gasteiger partial charge in [-0.15, -0.1) is 5.11 Å². The van der Waals surface area contributed by atoms with Crippen molar-refractivity contribution in [2.75, 3.05) is 19.8 Å². The lowest BCUT2D eigenvalue weighted by atomic mass is 9.85. The van der Waals surface area contributed by atoms with Gasteiger partial charge < -0.3 is 9.47 Å². The largest absolute Gasteiger partial charge is 0.493 e. The Balaban J connectivity index is 1.48. The van der Waals surface area contributed by atoms with Crippen LogP contribution in [0.5, 0.6) is 11.5 Å². The third-order valence-electron chi connectivity index (χ3n) is 12.2. The molecule has 0 heterocycles. The van der Waals surface area contributed by atoms with Gasteiger partial charge in [-0.2, -0.15) is 105 Å². The van der Waals surface area contributed by atoms with Crippen LogP contribution in [0.25, 0.3) is 24.3 Å². The number of benzene rings is 4. The predicted octanol–water partition coefficient (Wildman–Crippen LogP) is 20.1. The van der Waals surface area contributed by atoms with Crippen LogP contribution in [-0.2, 0) is 19.1 Å². The van der Waals surface area contributed by atoms with E-state index in [1.165, 1.54) is 12.1 Å². The molecule has 4 aromatic carbocycles. The van der Waals surface area contributed by atoms with Crippen LogP contribution in [-0.4, -0.2) is 84.2 Å². The minimum Gasteiger partial charge on any atom is -0.493 e. The first-order valence-electron chi connectivity index (χ1n) is 24.5. The Morgan fingerprint density at radius 1 is 0.470 bits per heavy atom. The maximum absolute atomic E-state index is 14.7. The summed E-state index contributed by atoms with van der Waals surface area (Å²) in [7, 11) is 0. The lowest BCUT2D eigenvalue weighted by Crippen LogP contribution is -2.76. The first kappa shape index (κ1) is 69.9. The molecule has 0 aliphatic heterocycles. The Morgan fingerprint density at radius 2 is 0.904 bits per heavy atom. The second-order valence-electron chi connectivity index (χ2n) is 18.5. The zero-order chi connectivity index (χ0) is 63.1. The van der Waals surface area contributed by atoms with Gasteiger partial charge in [-0.1, -0.05) is 118 Å². The average molecular weight is 1340 g/mol. The summed E-state index contributed by atoms with van der Waals surface area (Å²) >= 11 is 2.19. The predicted molar refractivity (Wildman–Crippen MR) is 266 cm³/mol. The van der Waals surface area contributed by atoms with Gasteiger partial charge in [-0.3, -0.25) is 5.01 Å². The molecular weight excluding hydrogens is 1290 g/mol. The molecular formula is C53H48F24IN3O2. The van der Waals surface area contributed by atoms with Crippen LogP contribution in [0.2, 0.25) is 0 Å². The van der Waals surface area contributed by atoms with E-state index in [2.05, 4.69) is 39.9 Å². The molecule has 0 aromatic heterocycles. The van der Waals surface area contributed by atoms with Gasteiger partial charge in [0.15, 0.2) is 0 Å². The van der Waals surface area contributed by atoms with Crippen molar-refractivity contribution in [3.8, 4) is 11.5 Å². The van der Waals surface area contributed by atoms with Crippen LogP contribution in [0.3, 0.4) is 0 Å². The second-order valence-corrected chi connectivity index (χ2v) is 19.7. The number of aryl methyl sites for hydroxylation is 1. The van der Waals surface area contributed by atoms with Crippen LogP contribution < -0.4 is 9.47 Å². The summed E-state index contributed by atoms with van der Waals surface area (Å²) in [5.74, 6) is -76.3. The lowest BCUT2D eigenvalue weighted by Gasteiger charge is -2.44. The summed E-state index contributed by atoms with van der Waals surface area (Å²) in [6.45, 7) is 6.38. The fraction of sp³-hybridized carbons (Fsp3) is 0.472. The average Bonchev–Trinajstić information content (AvgIpc) is 1.09. The number of rotatable bonds is 29. The van der Waals surface area contributed by atoms with Gasteiger partial charge in [0.1, 0.15) is 11.5 Å². The zero-order valence-corrected chi connectivity index (χ0v) is 45.4. The fourth-order valence-corrected chi connectivity index (χ4v) is 7.83. The van der Waals surface area contributed by atoms with Gasteiger partial charge in [0.2, 0.25) is 0 Å². The highest BCUT2D eigenvalue weighted by Crippen LogP contribution is 2.66. The van der Waals surface area contributed by atoms with Crippen LogP contribution in [0.15, 0.2) is 89.2 Å². The smallest absolute Gasteiger partial charge is 0.460 e. The molecule has 462 valence electrons. The van der Waals surface area contributed by atoms with Gasteiger partial charge in [-0.25, -0.2) is 0 Å². The molecule has 0 bridgehead atoms. The molecule has 4 rings (SSSR count). The van der Waals surface area contributed by atoms with Crippen molar-refractivity contribution < 1.29 is 115 Å². The standard InChI is InChI=1S/C53H48F24IN3O2/c1-4-7-26-82-41-30-39(78)42(83-27-8-5-2)29-37(41)21-19-33-11-9-32(10-12-33)13-16-35-20-22-40(38(28-35)44(56,57)58)79-80-81(25-6-3)31-36-17-14-34(15-18-36)23-24-43(54,55)45(59,60)46(61,62)47(63,64)48(65,66)49(67,68)50(69,70)51(71,72)52(73,74)53(75,76)77/h9-22,28-30H,4-8,23-27,31H2,1-3H3/b16-13+,21-19+,80-79?. The number of hydrogen-bond donors (Lipinski definition) is 0. The lowest BCUT2D eigenvalue weighted by molar-refractivity contribution is -0.474. The summed E-state index contributed by atoms with van der Waals surface area (Å²) < 4.78 is 346. The molecule has 83 heavy (non-hydrogen) atoms. The maximum atomic E-state index is 14.7. The van der Waals surface area contributed by atoms with E-state index in [4.69, 9.17) is 9.47 Å². The number of unbranched alkanes of at least 4 members (excludes halogenated alkanes) is 2. The maximum Gasteiger partial charge on any atom is 0.460 e. The topological polar surface area (TPSA) is 46.4 Å². The fourth-order valence-electron chi connectivity index (χ4n) is 7.23. The number of ether oxygens (including phenoxy) is 2. The van der Waals surface area contributed by atoms with Gasteiger partial charge in [0.25, 0.3) is 0 Å². The van der Waals surface area contributed by atoms with E-state index in [1.54, 1.807) is 37.3 Å². The van der Waals surface area contributed by atoms with Crippen LogP contribution in [0.1, 0.15) is 98.2 Å². The minimum absolute atomic E-state index is 0.0254. The summed E-state index contributed by atoms with van der Waals surface area (Å²) in [6.07, 6.45) is -6.86. The summed E-state index contributed by atoms with van der Waals surface area (Å²) in [5.41, 5.74) is -0.0573. The molecule has 0 atom stereocenters. The van der Waals surface area contributed by atoms with Crippen molar-refractivity contribution in [3.63, 3.8) is 0 Å². The van der Waals surface area contributed by atoms with E-state index in [9.17, 15) is 105 Å². The van der Waals surface area contributed by atoms with E-state index in [0.717, 1.165) is 81.8 Å². The third-order valence-corrected chi connectivity index (χ3v) is 13.1. The number of hydrogen-bond acceptors (Lipinski definition) is 4. The molecule has 0 unspecified atom stereocenters. The van der Waals surface area contributed by atoms with Crippen molar-refractivity contribution in [1.82, 2.24) is 5.01 Å². The van der Waals surface area contributed by atoms with Crippen LogP contribution >= 0.6 is 22.6 Å². The molecule has 0 N–H and O–H groups in total. The highest BCUT2D eigenvalue weighted by Gasteiger charge is 2.97. The number of nitrogens with zero attached hydrogens (tertiary/aromatic N) is 3. The third kappa shape index (κ3) is 14.9. The molecule has 0 radical (unpaired) electrons. The van der Waals surface area contributed by atoms with E-state index in [0.29, 0.717) is 30.3 Å². The van der Waals surface area contributed by atoms with E-state index >= 15 is 0 Å². The van der Waals surface area contributed by atoms with E-state index in [-0.39, 0.29) is 30.6 Å². The molecule has 5 nitrogen and oxygen atoms in total. The SMILES string of the molecule is CCCCOc1cc(/C=C/c2ccc(/C=C/c3ccc(N=NN(CCC)Cc4ccc(CCC(F)(F)C(F)(F)C(F)(F)C(F)(F)C(F)(F)C(F)(F)C(F)(F)C(F)(F)C(F)(F)C(F)(F)F)cc4)c(C(F)(F)F)c3)cc2)c(OCCCC)cc1I. The zero-order valence-electron chi connectivity index (χ0n) is 43.2. The quantitative estimate of drug-likeness (QED) is 0.0136. The Morgan fingerprint density at radius 3 is 1.37 bits per heavy atom. The van der Waals surface area contributed by atoms with Crippen molar-refractivity contribution in [3.05, 3.63) is 121 Å². The molecule has 0 spiro atoms. The number of halogens is 25. The first-order chi connectivity index (χ1) is 38.0. The highest BCUT2D eigenvalue weighted by atomic mass is 127. The Kier molecular flexibility index (Phi) is 22.2. The Hall–Kier alpha value is -5.59.